The van der Waals surface area contributed by atoms with Gasteiger partial charge in [0.1, 0.15) is 11.6 Å². The summed E-state index contributed by atoms with van der Waals surface area (Å²) in [5, 5.41) is 0.432. The highest BCUT2D eigenvalue weighted by Crippen LogP contribution is 2.07. The van der Waals surface area contributed by atoms with E-state index in [1.165, 1.54) is 6.07 Å². The maximum absolute atomic E-state index is 12.6. The lowest BCUT2D eigenvalue weighted by molar-refractivity contribution is 0.587. The van der Waals surface area contributed by atoms with Crippen molar-refractivity contribution in [1.29, 1.82) is 0 Å². The van der Waals surface area contributed by atoms with Gasteiger partial charge in [0.05, 0.1) is 0 Å². The van der Waals surface area contributed by atoms with E-state index in [0.29, 0.717) is 10.9 Å². The lowest BCUT2D eigenvalue weighted by Crippen LogP contribution is -2.03. The molecule has 0 saturated carbocycles. The van der Waals surface area contributed by atoms with Crippen molar-refractivity contribution in [3.63, 3.8) is 0 Å². The van der Waals surface area contributed by atoms with E-state index in [1.807, 2.05) is 0 Å². The maximum atomic E-state index is 12.6. The zero-order valence-electron chi connectivity index (χ0n) is 5.49. The van der Waals surface area contributed by atoms with E-state index in [0.717, 1.165) is 6.07 Å². The molecule has 0 N–H and O–H groups in total. The van der Waals surface area contributed by atoms with Crippen LogP contribution in [0.4, 0.5) is 8.78 Å². The molecule has 10 heavy (non-hydrogen) atoms. The second-order valence-corrected chi connectivity index (χ2v) is 2.70. The average molecular weight is 160 g/mol. The van der Waals surface area contributed by atoms with Crippen molar-refractivity contribution in [3.05, 3.63) is 29.3 Å². The number of rotatable bonds is 0. The Labute approximate surface area is 60.5 Å². The molecule has 0 saturated heterocycles. The highest BCUT2D eigenvalue weighted by Gasteiger charge is 2.02. The van der Waals surface area contributed by atoms with Gasteiger partial charge in [-0.3, -0.25) is 0 Å². The molecular weight excluding hydrogens is 153 g/mol. The van der Waals surface area contributed by atoms with Crippen LogP contribution >= 0.6 is 9.24 Å². The van der Waals surface area contributed by atoms with Crippen LogP contribution in [0, 0.1) is 18.6 Å². The molecule has 0 radical (unpaired) electrons. The second-order valence-electron chi connectivity index (χ2n) is 2.12. The summed E-state index contributed by atoms with van der Waals surface area (Å²) < 4.78 is 24.9. The van der Waals surface area contributed by atoms with Gasteiger partial charge < -0.3 is 0 Å². The summed E-state index contributed by atoms with van der Waals surface area (Å²) in [7, 11) is 2.23. The van der Waals surface area contributed by atoms with E-state index in [1.54, 1.807) is 6.92 Å². The molecule has 0 bridgehead atoms. The van der Waals surface area contributed by atoms with Crippen LogP contribution < -0.4 is 5.30 Å². The highest BCUT2D eigenvalue weighted by atomic mass is 31.0. The Morgan fingerprint density at radius 2 is 1.90 bits per heavy atom. The van der Waals surface area contributed by atoms with Gasteiger partial charge in [-0.2, -0.15) is 0 Å². The Morgan fingerprint density at radius 3 is 2.40 bits per heavy atom. The quantitative estimate of drug-likeness (QED) is 0.507. The number of halogens is 2. The van der Waals surface area contributed by atoms with Crippen molar-refractivity contribution in [1.82, 2.24) is 0 Å². The van der Waals surface area contributed by atoms with Gasteiger partial charge in [0, 0.05) is 11.4 Å². The van der Waals surface area contributed by atoms with E-state index in [9.17, 15) is 8.78 Å². The summed E-state index contributed by atoms with van der Waals surface area (Å²) >= 11 is 0. The summed E-state index contributed by atoms with van der Waals surface area (Å²) in [6, 6.07) is 2.17. The minimum absolute atomic E-state index is 0.432. The molecule has 54 valence electrons. The molecule has 0 aromatic heterocycles. The molecule has 0 aliphatic heterocycles. The van der Waals surface area contributed by atoms with Crippen LogP contribution in [0.2, 0.25) is 0 Å². The Kier molecular flexibility index (Phi) is 2.00. The molecule has 3 heteroatoms. The molecule has 1 aromatic rings. The highest BCUT2D eigenvalue weighted by molar-refractivity contribution is 7.27. The molecule has 0 aliphatic carbocycles. The molecule has 1 rings (SSSR count). The van der Waals surface area contributed by atoms with Gasteiger partial charge >= 0.3 is 0 Å². The fraction of sp³-hybridized carbons (Fsp3) is 0.143. The molecule has 0 fully saturated rings. The third-order valence-corrected chi connectivity index (χ3v) is 2.03. The first-order valence-electron chi connectivity index (χ1n) is 2.82. The average Bonchev–Trinajstić information content (AvgIpc) is 1.82. The molecule has 1 unspecified atom stereocenters. The van der Waals surface area contributed by atoms with Gasteiger partial charge in [-0.15, -0.1) is 9.24 Å². The second kappa shape index (κ2) is 2.63. The Morgan fingerprint density at radius 1 is 1.30 bits per heavy atom. The zero-order chi connectivity index (χ0) is 7.72. The van der Waals surface area contributed by atoms with Gasteiger partial charge in [0.25, 0.3) is 0 Å². The number of aryl methyl sites for hydroxylation is 1. The molecule has 1 atom stereocenters. The van der Waals surface area contributed by atoms with Crippen LogP contribution in [-0.4, -0.2) is 0 Å². The molecule has 0 spiro atoms. The van der Waals surface area contributed by atoms with E-state index >= 15 is 0 Å². The predicted octanol–water partition coefficient (Wildman–Crippen LogP) is 1.77. The van der Waals surface area contributed by atoms with Gasteiger partial charge in [-0.05, 0) is 18.6 Å². The Hall–Kier alpha value is -0.490. The van der Waals surface area contributed by atoms with Crippen molar-refractivity contribution in [2.24, 2.45) is 0 Å². The van der Waals surface area contributed by atoms with E-state index < -0.39 is 11.6 Å². The minimum Gasteiger partial charge on any atom is -0.207 e. The normalized spacial score (nSPS) is 10.0. The fourth-order valence-corrected chi connectivity index (χ4v) is 0.880. The third-order valence-electron chi connectivity index (χ3n) is 1.30. The van der Waals surface area contributed by atoms with Crippen LogP contribution in [0.3, 0.4) is 0 Å². The van der Waals surface area contributed by atoms with Crippen LogP contribution in [0.25, 0.3) is 0 Å². The first-order chi connectivity index (χ1) is 4.61. The predicted molar refractivity (Wildman–Crippen MR) is 40.4 cm³/mol. The summed E-state index contributed by atoms with van der Waals surface area (Å²) in [4.78, 5) is 0. The van der Waals surface area contributed by atoms with E-state index in [4.69, 9.17) is 0 Å². The van der Waals surface area contributed by atoms with Crippen molar-refractivity contribution in [3.8, 4) is 0 Å². The lowest BCUT2D eigenvalue weighted by atomic mass is 10.2. The molecule has 1 aromatic carbocycles. The van der Waals surface area contributed by atoms with Gasteiger partial charge in [-0.1, -0.05) is 0 Å². The molecule has 0 heterocycles. The minimum atomic E-state index is -0.527. The first-order valence-corrected chi connectivity index (χ1v) is 3.40. The van der Waals surface area contributed by atoms with Gasteiger partial charge in [0.2, 0.25) is 0 Å². The van der Waals surface area contributed by atoms with Crippen molar-refractivity contribution in [2.45, 2.75) is 6.92 Å². The van der Waals surface area contributed by atoms with Crippen LogP contribution in [-0.2, 0) is 0 Å². The smallest absolute Gasteiger partial charge is 0.133 e. The fourth-order valence-electron chi connectivity index (χ4n) is 0.713. The van der Waals surface area contributed by atoms with Crippen molar-refractivity contribution >= 4 is 14.5 Å². The van der Waals surface area contributed by atoms with Crippen molar-refractivity contribution < 1.29 is 8.78 Å². The molecule has 0 aliphatic rings. The van der Waals surface area contributed by atoms with E-state index in [2.05, 4.69) is 9.24 Å². The number of hydrogen-bond donors (Lipinski definition) is 0. The van der Waals surface area contributed by atoms with E-state index in [-0.39, 0.29) is 0 Å². The summed E-state index contributed by atoms with van der Waals surface area (Å²) in [6.07, 6.45) is 0. The monoisotopic (exact) mass is 160 g/mol. The Bertz CT molecular complexity index is 235. The third kappa shape index (κ3) is 1.32. The van der Waals surface area contributed by atoms with Crippen LogP contribution in [0.5, 0.6) is 0 Å². The standard InChI is InChI=1S/C7H7F2P/c1-4-2-5(8)3-6(9)7(4)10/h2-3H,10H2,1H3. The number of benzene rings is 1. The van der Waals surface area contributed by atoms with Crippen molar-refractivity contribution in [2.75, 3.05) is 0 Å². The SMILES string of the molecule is Cc1cc(F)cc(F)c1P. The number of hydrogen-bond acceptors (Lipinski definition) is 0. The van der Waals surface area contributed by atoms with Gasteiger partial charge in [0.15, 0.2) is 0 Å². The summed E-state index contributed by atoms with van der Waals surface area (Å²) in [5.74, 6) is -1.04. The zero-order valence-corrected chi connectivity index (χ0v) is 6.64. The molecule has 0 amide bonds. The molecular formula is C7H7F2P. The largest absolute Gasteiger partial charge is 0.207 e. The lowest BCUT2D eigenvalue weighted by Gasteiger charge is -1.99. The summed E-state index contributed by atoms with van der Waals surface area (Å²) in [5.41, 5.74) is 0.613. The van der Waals surface area contributed by atoms with Gasteiger partial charge in [-0.25, -0.2) is 8.78 Å². The van der Waals surface area contributed by atoms with Crippen LogP contribution in [0.1, 0.15) is 5.56 Å². The maximum Gasteiger partial charge on any atom is 0.133 e. The first kappa shape index (κ1) is 7.62. The van der Waals surface area contributed by atoms with Crippen LogP contribution in [0.15, 0.2) is 12.1 Å². The Balaban J connectivity index is 3.31. The molecule has 0 nitrogen and oxygen atoms in total. The topological polar surface area (TPSA) is 0 Å². The summed E-state index contributed by atoms with van der Waals surface area (Å²) in [6.45, 7) is 1.66.